The molecule has 0 aromatic rings. The maximum Gasteiger partial charge on any atom is 0.331 e. The van der Waals surface area contributed by atoms with Gasteiger partial charge in [-0.25, -0.2) is 4.79 Å². The van der Waals surface area contributed by atoms with Crippen LogP contribution in [0.2, 0.25) is 0 Å². The largest absolute Gasteiger partial charge is 0.462 e. The molecule has 4 aliphatic carbocycles. The molecule has 1 saturated heterocycles. The van der Waals surface area contributed by atoms with Gasteiger partial charge in [-0.05, 0) is 80.6 Å². The van der Waals surface area contributed by atoms with Crippen LogP contribution in [0.15, 0.2) is 11.6 Å². The number of aliphatic hydroxyl groups is 3. The van der Waals surface area contributed by atoms with Crippen LogP contribution in [0.4, 0.5) is 0 Å². The first-order valence-electron chi connectivity index (χ1n) is 15.8. The third-order valence-electron chi connectivity index (χ3n) is 12.6. The van der Waals surface area contributed by atoms with Gasteiger partial charge in [0.25, 0.3) is 0 Å². The van der Waals surface area contributed by atoms with Gasteiger partial charge in [0, 0.05) is 37.9 Å². The van der Waals surface area contributed by atoms with Crippen molar-refractivity contribution in [1.29, 1.82) is 0 Å². The van der Waals surface area contributed by atoms with Crippen molar-refractivity contribution >= 4 is 11.9 Å². The molecule has 0 amide bonds. The lowest BCUT2D eigenvalue weighted by molar-refractivity contribution is -0.313. The van der Waals surface area contributed by atoms with Gasteiger partial charge in [0.05, 0.1) is 17.8 Å². The zero-order valence-corrected chi connectivity index (χ0v) is 25.5. The molecule has 0 aromatic heterocycles. The van der Waals surface area contributed by atoms with Crippen LogP contribution in [-0.4, -0.2) is 89.5 Å². The Kier molecular flexibility index (Phi) is 7.84. The number of methoxy groups -OCH3 is 1. The highest BCUT2D eigenvalue weighted by atomic mass is 16.7. The van der Waals surface area contributed by atoms with Crippen LogP contribution in [0.1, 0.15) is 79.1 Å². The lowest BCUT2D eigenvalue weighted by Crippen LogP contribution is -2.62. The van der Waals surface area contributed by atoms with E-state index in [2.05, 4.69) is 13.8 Å². The first-order valence-corrected chi connectivity index (χ1v) is 15.8. The maximum absolute atomic E-state index is 12.7. The summed E-state index contributed by atoms with van der Waals surface area (Å²) in [6, 6.07) is 0. The molecule has 0 aromatic carbocycles. The highest BCUT2D eigenvalue weighted by molar-refractivity contribution is 5.85. The number of hydrogen-bond acceptors (Lipinski definition) is 10. The predicted octanol–water partition coefficient (Wildman–Crippen LogP) is 2.65. The number of fused-ring (bicyclic) bond motifs is 5. The molecule has 5 fully saturated rings. The Bertz CT molecular complexity index is 1110. The van der Waals surface area contributed by atoms with Gasteiger partial charge in [-0.1, -0.05) is 13.8 Å². The molecule has 10 nitrogen and oxygen atoms in total. The van der Waals surface area contributed by atoms with Gasteiger partial charge < -0.3 is 39.0 Å². The van der Waals surface area contributed by atoms with E-state index >= 15 is 0 Å². The van der Waals surface area contributed by atoms with Crippen LogP contribution < -0.4 is 0 Å². The lowest BCUT2D eigenvalue weighted by atomic mass is 9.43. The van der Waals surface area contributed by atoms with Gasteiger partial charge in [0.2, 0.25) is 0 Å². The molecule has 3 N–H and O–H groups in total. The van der Waals surface area contributed by atoms with Crippen molar-refractivity contribution in [1.82, 2.24) is 0 Å². The number of cyclic esters (lactones) is 1. The van der Waals surface area contributed by atoms with Gasteiger partial charge >= 0.3 is 11.9 Å². The zero-order valence-electron chi connectivity index (χ0n) is 25.5. The summed E-state index contributed by atoms with van der Waals surface area (Å²) < 4.78 is 28.7. The van der Waals surface area contributed by atoms with E-state index < -0.39 is 47.8 Å². The van der Waals surface area contributed by atoms with Crippen LogP contribution in [-0.2, 0) is 33.3 Å². The van der Waals surface area contributed by atoms with Gasteiger partial charge in [-0.3, -0.25) is 4.79 Å². The summed E-state index contributed by atoms with van der Waals surface area (Å²) in [5, 5.41) is 33.8. The van der Waals surface area contributed by atoms with Crippen molar-refractivity contribution in [3.63, 3.8) is 0 Å². The number of carbonyl (C=O) groups excluding carboxylic acids is 2. The second-order valence-electron chi connectivity index (χ2n) is 14.5. The fraction of sp³-hybridized carbons (Fsp3) is 0.875. The van der Waals surface area contributed by atoms with E-state index in [4.69, 9.17) is 23.7 Å². The van der Waals surface area contributed by atoms with Crippen molar-refractivity contribution < 1.29 is 48.6 Å². The number of carbonyl (C=O) groups is 2. The van der Waals surface area contributed by atoms with Gasteiger partial charge in [0.1, 0.15) is 31.0 Å². The van der Waals surface area contributed by atoms with E-state index in [0.717, 1.165) is 50.5 Å². The monoisotopic (exact) mass is 592 g/mol. The molecular formula is C32H48O10. The van der Waals surface area contributed by atoms with Crippen LogP contribution in [0.25, 0.3) is 0 Å². The molecule has 2 aliphatic heterocycles. The van der Waals surface area contributed by atoms with Crippen molar-refractivity contribution in [3.8, 4) is 0 Å². The lowest BCUT2D eigenvalue weighted by Gasteiger charge is -2.63. The Hall–Kier alpha value is -1.56. The average molecular weight is 593 g/mol. The van der Waals surface area contributed by atoms with E-state index in [0.29, 0.717) is 18.3 Å². The Labute approximate surface area is 248 Å². The minimum absolute atomic E-state index is 0.0190. The molecule has 10 heteroatoms. The van der Waals surface area contributed by atoms with Crippen LogP contribution >= 0.6 is 0 Å². The summed E-state index contributed by atoms with van der Waals surface area (Å²) >= 11 is 0. The summed E-state index contributed by atoms with van der Waals surface area (Å²) in [5.41, 5.74) is -0.720. The molecule has 0 radical (unpaired) electrons. The van der Waals surface area contributed by atoms with Gasteiger partial charge in [-0.2, -0.15) is 0 Å². The second-order valence-corrected chi connectivity index (χ2v) is 14.5. The normalized spacial score (nSPS) is 52.0. The van der Waals surface area contributed by atoms with E-state index in [9.17, 15) is 24.9 Å². The molecule has 0 bridgehead atoms. The fourth-order valence-corrected chi connectivity index (χ4v) is 10.4. The third-order valence-corrected chi connectivity index (χ3v) is 12.6. The summed E-state index contributed by atoms with van der Waals surface area (Å²) in [6.45, 7) is 7.85. The Balaban J connectivity index is 1.20. The molecular weight excluding hydrogens is 544 g/mol. The van der Waals surface area contributed by atoms with Gasteiger partial charge in [0.15, 0.2) is 6.29 Å². The van der Waals surface area contributed by atoms with Crippen molar-refractivity contribution in [3.05, 3.63) is 11.6 Å². The second kappa shape index (κ2) is 10.8. The summed E-state index contributed by atoms with van der Waals surface area (Å²) in [7, 11) is 1.47. The van der Waals surface area contributed by atoms with Crippen LogP contribution in [0, 0.1) is 34.5 Å². The summed E-state index contributed by atoms with van der Waals surface area (Å²) in [6.07, 6.45) is 3.36. The number of esters is 2. The first kappa shape index (κ1) is 30.5. The first-order chi connectivity index (χ1) is 19.8. The molecule has 4 saturated carbocycles. The molecule has 0 spiro atoms. The smallest absolute Gasteiger partial charge is 0.331 e. The summed E-state index contributed by atoms with van der Waals surface area (Å²) in [4.78, 5) is 24.2. The molecule has 6 aliphatic rings. The molecule has 42 heavy (non-hydrogen) atoms. The molecule has 6 rings (SSSR count). The van der Waals surface area contributed by atoms with E-state index in [-0.39, 0.29) is 41.9 Å². The topological polar surface area (TPSA) is 141 Å². The van der Waals surface area contributed by atoms with E-state index in [1.54, 1.807) is 6.92 Å². The highest BCUT2D eigenvalue weighted by Crippen LogP contribution is 2.70. The highest BCUT2D eigenvalue weighted by Gasteiger charge is 2.71. The molecule has 236 valence electrons. The summed E-state index contributed by atoms with van der Waals surface area (Å²) in [5.74, 6) is -0.234. The van der Waals surface area contributed by atoms with Crippen LogP contribution in [0.5, 0.6) is 0 Å². The average Bonchev–Trinajstić information content (AvgIpc) is 3.44. The Morgan fingerprint density at radius 1 is 1.07 bits per heavy atom. The molecule has 2 heterocycles. The van der Waals surface area contributed by atoms with E-state index in [1.165, 1.54) is 20.1 Å². The maximum atomic E-state index is 12.7. The van der Waals surface area contributed by atoms with Crippen molar-refractivity contribution in [2.24, 2.45) is 34.5 Å². The standard InChI is InChI=1S/C32H48O10/c1-16-26(35)28(38-5)27(36)29(40-16)42-20-8-10-30(3)19(13-20)6-7-22-21(30)9-11-31(4)25(18-12-24(34)39-15-18)23(41-17(2)33)14-32(22,31)37/h12,16,19-23,25-29,35-37H,6-11,13-15H2,1-5H3/t16?,19-,20+,21?,22?,23+,25?,26+,27?,28?,29-,30+,31-,32+/m1/s1. The number of aliphatic hydroxyl groups excluding tert-OH is 2. The fourth-order valence-electron chi connectivity index (χ4n) is 10.4. The van der Waals surface area contributed by atoms with Crippen molar-refractivity contribution in [2.75, 3.05) is 13.7 Å². The minimum atomic E-state index is -1.08. The zero-order chi connectivity index (χ0) is 30.2. The van der Waals surface area contributed by atoms with Crippen LogP contribution in [0.3, 0.4) is 0 Å². The molecule has 6 unspecified atom stereocenters. The SMILES string of the molecule is COC1C(O)[C@@H](O[C@H]2CC[C@]3(C)C4CC[C@]5(C)C(C6=CC(=O)OC6)[C@@H](OC(C)=O)C[C@]5(O)C4CC[C@@H]3C2)OC(C)[C@@H]1O. The Morgan fingerprint density at radius 2 is 1.83 bits per heavy atom. The third kappa shape index (κ3) is 4.58. The number of hydrogen-bond donors (Lipinski definition) is 3. The van der Waals surface area contributed by atoms with Gasteiger partial charge in [-0.15, -0.1) is 0 Å². The predicted molar refractivity (Wildman–Crippen MR) is 149 cm³/mol. The quantitative estimate of drug-likeness (QED) is 0.322. The van der Waals surface area contributed by atoms with Crippen molar-refractivity contribution in [2.45, 2.75) is 128 Å². The van der Waals surface area contributed by atoms with E-state index in [1.807, 2.05) is 0 Å². The Morgan fingerprint density at radius 3 is 2.50 bits per heavy atom. The minimum Gasteiger partial charge on any atom is -0.462 e. The number of ether oxygens (including phenoxy) is 5. The molecule has 14 atom stereocenters. The number of rotatable bonds is 5.